The van der Waals surface area contributed by atoms with E-state index < -0.39 is 5.97 Å². The van der Waals surface area contributed by atoms with Gasteiger partial charge >= 0.3 is 5.97 Å². The summed E-state index contributed by atoms with van der Waals surface area (Å²) in [6.45, 7) is 4.01. The lowest BCUT2D eigenvalue weighted by Gasteiger charge is -2.08. The highest BCUT2D eigenvalue weighted by molar-refractivity contribution is 14.1. The number of halogens is 1. The predicted molar refractivity (Wildman–Crippen MR) is 66.4 cm³/mol. The Labute approximate surface area is 102 Å². The second kappa shape index (κ2) is 5.75. The molecule has 0 aliphatic carbocycles. The number of carbonyl (C=O) groups is 1. The number of hydrogen-bond donors (Lipinski definition) is 1. The Hall–Kier alpha value is -1.04. The largest absolute Gasteiger partial charge is 0.492 e. The Morgan fingerprint density at radius 2 is 2.33 bits per heavy atom. The van der Waals surface area contributed by atoms with E-state index >= 15 is 0 Å². The maximum absolute atomic E-state index is 10.9. The van der Waals surface area contributed by atoms with Gasteiger partial charge in [0, 0.05) is 3.57 Å². The number of carboxylic acid groups (broad SMARTS) is 1. The summed E-state index contributed by atoms with van der Waals surface area (Å²) in [4.78, 5) is 10.9. The number of ether oxygens (including phenoxy) is 1. The fourth-order valence-corrected chi connectivity index (χ4v) is 1.54. The van der Waals surface area contributed by atoms with E-state index in [1.54, 1.807) is 18.2 Å². The van der Waals surface area contributed by atoms with Crippen LogP contribution in [0.5, 0.6) is 5.75 Å². The number of hydrogen-bond acceptors (Lipinski definition) is 2. The van der Waals surface area contributed by atoms with E-state index in [4.69, 9.17) is 9.84 Å². The van der Waals surface area contributed by atoms with Gasteiger partial charge in [0.15, 0.2) is 0 Å². The van der Waals surface area contributed by atoms with Crippen molar-refractivity contribution >= 4 is 28.6 Å². The summed E-state index contributed by atoms with van der Waals surface area (Å²) in [7, 11) is 0. The lowest BCUT2D eigenvalue weighted by atomic mass is 10.2. The summed E-state index contributed by atoms with van der Waals surface area (Å²) >= 11 is 2.07. The van der Waals surface area contributed by atoms with Crippen LogP contribution in [0.15, 0.2) is 30.9 Å². The van der Waals surface area contributed by atoms with Gasteiger partial charge in [-0.2, -0.15) is 0 Å². The summed E-state index contributed by atoms with van der Waals surface area (Å²) in [6, 6.07) is 5.08. The second-order valence-corrected chi connectivity index (χ2v) is 4.12. The molecule has 0 aromatic heterocycles. The molecule has 80 valence electrons. The highest BCUT2D eigenvalue weighted by atomic mass is 127. The van der Waals surface area contributed by atoms with Crippen molar-refractivity contribution in [2.75, 3.05) is 6.61 Å². The SMILES string of the molecule is C=CCCOc1ccc(I)cc1C(=O)O. The zero-order chi connectivity index (χ0) is 11.3. The summed E-state index contributed by atoms with van der Waals surface area (Å²) in [5.74, 6) is -0.563. The monoisotopic (exact) mass is 318 g/mol. The maximum Gasteiger partial charge on any atom is 0.339 e. The molecular weight excluding hydrogens is 307 g/mol. The van der Waals surface area contributed by atoms with Crippen LogP contribution in [0.2, 0.25) is 0 Å². The minimum absolute atomic E-state index is 0.200. The van der Waals surface area contributed by atoms with Gasteiger partial charge < -0.3 is 9.84 Å². The third-order valence-corrected chi connectivity index (χ3v) is 2.42. The standard InChI is InChI=1S/C11H11IO3/c1-2-3-6-15-10-5-4-8(12)7-9(10)11(13)14/h2,4-5,7H,1,3,6H2,(H,13,14). The number of benzene rings is 1. The van der Waals surface area contributed by atoms with Gasteiger partial charge in [-0.15, -0.1) is 6.58 Å². The van der Waals surface area contributed by atoms with E-state index in [-0.39, 0.29) is 5.56 Å². The van der Waals surface area contributed by atoms with Crippen LogP contribution in [-0.4, -0.2) is 17.7 Å². The highest BCUT2D eigenvalue weighted by Gasteiger charge is 2.11. The molecule has 0 heterocycles. The smallest absolute Gasteiger partial charge is 0.339 e. The van der Waals surface area contributed by atoms with Crippen molar-refractivity contribution in [3.63, 3.8) is 0 Å². The average Bonchev–Trinajstić information content (AvgIpc) is 2.20. The van der Waals surface area contributed by atoms with Crippen LogP contribution < -0.4 is 4.74 Å². The number of aromatic carboxylic acids is 1. The molecule has 0 amide bonds. The first kappa shape index (κ1) is 12.0. The van der Waals surface area contributed by atoms with Crippen LogP contribution in [0.4, 0.5) is 0 Å². The average molecular weight is 318 g/mol. The third-order valence-electron chi connectivity index (χ3n) is 1.75. The molecule has 0 saturated carbocycles. The molecule has 0 bridgehead atoms. The topological polar surface area (TPSA) is 46.5 Å². The molecule has 0 spiro atoms. The van der Waals surface area contributed by atoms with Crippen molar-refractivity contribution in [1.29, 1.82) is 0 Å². The molecular formula is C11H11IO3. The van der Waals surface area contributed by atoms with Crippen molar-refractivity contribution in [2.24, 2.45) is 0 Å². The predicted octanol–water partition coefficient (Wildman–Crippen LogP) is 2.94. The van der Waals surface area contributed by atoms with Crippen LogP contribution >= 0.6 is 22.6 Å². The van der Waals surface area contributed by atoms with Crippen LogP contribution in [0.25, 0.3) is 0 Å². The first-order valence-corrected chi connectivity index (χ1v) is 5.49. The first-order chi connectivity index (χ1) is 7.15. The Bertz CT molecular complexity index is 374. The zero-order valence-corrected chi connectivity index (χ0v) is 10.2. The van der Waals surface area contributed by atoms with Crippen LogP contribution in [0, 0.1) is 3.57 Å². The van der Waals surface area contributed by atoms with E-state index in [2.05, 4.69) is 29.2 Å². The molecule has 3 nitrogen and oxygen atoms in total. The Morgan fingerprint density at radius 3 is 2.93 bits per heavy atom. The number of rotatable bonds is 5. The van der Waals surface area contributed by atoms with Crippen LogP contribution in [0.1, 0.15) is 16.8 Å². The van der Waals surface area contributed by atoms with Gasteiger partial charge in [0.25, 0.3) is 0 Å². The Morgan fingerprint density at radius 1 is 1.60 bits per heavy atom. The third kappa shape index (κ3) is 3.54. The summed E-state index contributed by atoms with van der Waals surface area (Å²) in [5, 5.41) is 8.94. The summed E-state index contributed by atoms with van der Waals surface area (Å²) < 4.78 is 6.21. The van der Waals surface area contributed by atoms with Crippen molar-refractivity contribution < 1.29 is 14.6 Å². The van der Waals surface area contributed by atoms with Crippen molar-refractivity contribution in [1.82, 2.24) is 0 Å². The molecule has 0 saturated heterocycles. The van der Waals surface area contributed by atoms with Gasteiger partial charge in [0.05, 0.1) is 6.61 Å². The lowest BCUT2D eigenvalue weighted by molar-refractivity contribution is 0.0692. The molecule has 0 aliphatic rings. The molecule has 1 aromatic rings. The van der Waals surface area contributed by atoms with Crippen molar-refractivity contribution in [3.05, 3.63) is 40.0 Å². The van der Waals surface area contributed by atoms with Crippen LogP contribution in [-0.2, 0) is 0 Å². The normalized spacial score (nSPS) is 9.67. The molecule has 1 N–H and O–H groups in total. The van der Waals surface area contributed by atoms with E-state index in [1.165, 1.54) is 0 Å². The maximum atomic E-state index is 10.9. The highest BCUT2D eigenvalue weighted by Crippen LogP contribution is 2.21. The molecule has 0 unspecified atom stereocenters. The second-order valence-electron chi connectivity index (χ2n) is 2.87. The van der Waals surface area contributed by atoms with Gasteiger partial charge in [-0.3, -0.25) is 0 Å². The van der Waals surface area contributed by atoms with Gasteiger partial charge in [-0.05, 0) is 47.2 Å². The van der Waals surface area contributed by atoms with Crippen molar-refractivity contribution in [3.8, 4) is 5.75 Å². The summed E-state index contributed by atoms with van der Waals surface area (Å²) in [6.07, 6.45) is 2.43. The quantitative estimate of drug-likeness (QED) is 0.516. The summed E-state index contributed by atoms with van der Waals surface area (Å²) in [5.41, 5.74) is 0.200. The van der Waals surface area contributed by atoms with E-state index in [9.17, 15) is 4.79 Å². The molecule has 15 heavy (non-hydrogen) atoms. The van der Waals surface area contributed by atoms with Gasteiger partial charge in [-0.25, -0.2) is 4.79 Å². The van der Waals surface area contributed by atoms with Crippen molar-refractivity contribution in [2.45, 2.75) is 6.42 Å². The number of carboxylic acids is 1. The zero-order valence-electron chi connectivity index (χ0n) is 8.07. The van der Waals surface area contributed by atoms with E-state index in [0.29, 0.717) is 18.8 Å². The molecule has 1 aromatic carbocycles. The minimum Gasteiger partial charge on any atom is -0.492 e. The van der Waals surface area contributed by atoms with Gasteiger partial charge in [0.2, 0.25) is 0 Å². The molecule has 0 atom stereocenters. The molecule has 0 fully saturated rings. The van der Waals surface area contributed by atoms with E-state index in [1.807, 2.05) is 6.07 Å². The fraction of sp³-hybridized carbons (Fsp3) is 0.182. The van der Waals surface area contributed by atoms with Crippen LogP contribution in [0.3, 0.4) is 0 Å². The molecule has 0 aliphatic heterocycles. The van der Waals surface area contributed by atoms with Gasteiger partial charge in [-0.1, -0.05) is 6.08 Å². The minimum atomic E-state index is -0.970. The molecule has 1 rings (SSSR count). The fourth-order valence-electron chi connectivity index (χ4n) is 1.05. The molecule has 0 radical (unpaired) electrons. The lowest BCUT2D eigenvalue weighted by Crippen LogP contribution is -2.04. The Kier molecular flexibility index (Phi) is 4.61. The Balaban J connectivity index is 2.85. The first-order valence-electron chi connectivity index (χ1n) is 4.41. The molecule has 4 heteroatoms. The van der Waals surface area contributed by atoms with Gasteiger partial charge in [0.1, 0.15) is 11.3 Å². The van der Waals surface area contributed by atoms with E-state index in [0.717, 1.165) is 3.57 Å².